The fraction of sp³-hybridized carbons (Fsp3) is 0.108. The second-order valence-corrected chi connectivity index (χ2v) is 18.6. The average Bonchev–Trinajstić information content (AvgIpc) is 3.18. The van der Waals surface area contributed by atoms with Gasteiger partial charge in [-0.05, 0) is 96.4 Å². The predicted molar refractivity (Wildman–Crippen MR) is 216 cm³/mol. The maximum Gasteiger partial charge on any atom is 1.00 e. The van der Waals surface area contributed by atoms with Gasteiger partial charge in [-0.1, -0.05) is 12.1 Å². The Kier molecular flexibility index (Phi) is 21.2. The fourth-order valence-corrected chi connectivity index (χ4v) is 7.99. The minimum absolute atomic E-state index is 0. The standard InChI is InChI=1S/C37H32N6O15S4.4Na/c1-19-9-33(35(57-3)17-29(19)40-42-31-15-25(61(51,52)53)13-21-11-23(59(45,46)47)5-7-27(21)31)38-37(44)39-34-10-20(2)30(18-36(34)58-4)41-43-32-16-26(62(54,55)56)14-22-12-24(60(48,49)50)6-8-28(22)32;;;;/h5-18H,1-4H3,(H2,38,39,44)(H,45,46,47)(H,48,49,50)(H,51,52,53)(H,54,55,56);;;;/q;4*+1/p-4. The van der Waals surface area contributed by atoms with Gasteiger partial charge in [0.05, 0.1) is 68.3 Å². The Morgan fingerprint density at radius 2 is 0.909 bits per heavy atom. The number of ether oxygens (including phenoxy) is 2. The summed E-state index contributed by atoms with van der Waals surface area (Å²) in [5.74, 6) is 0.127. The van der Waals surface area contributed by atoms with Crippen LogP contribution in [0.15, 0.2) is 130 Å². The topological polar surface area (TPSA) is 341 Å². The van der Waals surface area contributed by atoms with E-state index in [0.29, 0.717) is 11.1 Å². The molecule has 0 aliphatic heterocycles. The van der Waals surface area contributed by atoms with Gasteiger partial charge in [0, 0.05) is 22.9 Å². The van der Waals surface area contributed by atoms with Crippen LogP contribution in [0.25, 0.3) is 21.5 Å². The molecule has 0 aromatic heterocycles. The fourth-order valence-electron chi connectivity index (χ4n) is 5.91. The van der Waals surface area contributed by atoms with Gasteiger partial charge in [-0.2, -0.15) is 18.6 Å². The monoisotopic (exact) mass is 1020 g/mol. The molecule has 6 aromatic rings. The van der Waals surface area contributed by atoms with Crippen molar-refractivity contribution in [3.8, 4) is 11.5 Å². The summed E-state index contributed by atoms with van der Waals surface area (Å²) in [6, 6.07) is 14.9. The molecule has 6 rings (SSSR count). The van der Waals surface area contributed by atoms with Gasteiger partial charge in [-0.3, -0.25) is 4.55 Å². The number of hydrogen-bond donors (Lipinski definition) is 2. The molecule has 0 aliphatic carbocycles. The molecule has 0 spiro atoms. The molecule has 324 valence electrons. The van der Waals surface area contributed by atoms with Crippen LogP contribution in [0.1, 0.15) is 11.1 Å². The van der Waals surface area contributed by atoms with Gasteiger partial charge < -0.3 is 33.6 Å². The first-order valence-corrected chi connectivity index (χ1v) is 22.8. The molecule has 0 unspecified atom stereocenters. The number of nitrogens with one attached hydrogen (secondary N) is 1. The van der Waals surface area contributed by atoms with Crippen LogP contribution in [0.3, 0.4) is 0 Å². The summed E-state index contributed by atoms with van der Waals surface area (Å²) >= 11 is 0. The van der Waals surface area contributed by atoms with E-state index in [1.807, 2.05) is 0 Å². The van der Waals surface area contributed by atoms with E-state index in [2.05, 4.69) is 30.8 Å². The Morgan fingerprint density at radius 3 is 1.35 bits per heavy atom. The molecule has 0 aliphatic rings. The van der Waals surface area contributed by atoms with Crippen LogP contribution in [0, 0.1) is 13.8 Å². The van der Waals surface area contributed by atoms with E-state index in [9.17, 15) is 57.0 Å². The molecular formula is C37H28N6Na4O15S4. The summed E-state index contributed by atoms with van der Waals surface area (Å²) in [7, 11) is -17.1. The summed E-state index contributed by atoms with van der Waals surface area (Å²) in [6.45, 7) is 3.19. The zero-order valence-electron chi connectivity index (χ0n) is 36.1. The van der Waals surface area contributed by atoms with Gasteiger partial charge in [0.25, 0.3) is 10.1 Å². The number of aliphatic imine (C=N–C) groups is 1. The number of aryl methyl sites for hydroxylation is 2. The van der Waals surface area contributed by atoms with Crippen LogP contribution in [0.5, 0.6) is 11.5 Å². The second kappa shape index (κ2) is 23.4. The van der Waals surface area contributed by atoms with E-state index in [-0.39, 0.29) is 185 Å². The number of methoxy groups -OCH3 is 2. The number of benzene rings is 6. The van der Waals surface area contributed by atoms with Gasteiger partial charge in [-0.25, -0.2) is 30.2 Å². The number of amidine groups is 1. The van der Waals surface area contributed by atoms with Crippen LogP contribution in [-0.2, 0) is 40.5 Å². The first-order valence-electron chi connectivity index (χ1n) is 17.1. The number of anilines is 1. The first kappa shape index (κ1) is 59.7. The van der Waals surface area contributed by atoms with Gasteiger partial charge in [0.15, 0.2) is 0 Å². The molecule has 0 saturated carbocycles. The maximum atomic E-state index is 13.2. The summed E-state index contributed by atoms with van der Waals surface area (Å²) in [4.78, 5) is 1.39. The maximum absolute atomic E-state index is 13.2. The number of azo groups is 2. The molecule has 0 radical (unpaired) electrons. The molecule has 0 atom stereocenters. The molecule has 0 fully saturated rings. The summed E-state index contributed by atoms with van der Waals surface area (Å²) in [6.07, 6.45) is 0. The predicted octanol–water partition coefficient (Wildman–Crippen LogP) is -6.11. The normalized spacial score (nSPS) is 12.3. The summed E-state index contributed by atoms with van der Waals surface area (Å²) in [5, 5.41) is 32.6. The third-order valence-corrected chi connectivity index (χ3v) is 12.2. The molecule has 0 heterocycles. The Hall–Kier alpha value is -2.45. The smallest absolute Gasteiger partial charge is 0.846 e. The SMILES string of the molecule is COc1cc(N=Nc2cc(S(=O)(=O)[O-])cc3cc(S(=O)(=O)[O-])ccc23)c(C)cc1N=C([O-])Nc1cc(C)c(N=Nc2cc(S(=O)(=O)O)cc3cc(S(=O)(=O)[O-])ccc23)cc1OC.[Na+].[Na+].[Na+].[Na+]. The van der Waals surface area contributed by atoms with E-state index in [1.54, 1.807) is 13.8 Å². The molecule has 6 aromatic carbocycles. The van der Waals surface area contributed by atoms with Gasteiger partial charge in [-0.15, -0.1) is 10.2 Å². The number of fused-ring (bicyclic) bond motifs is 2. The molecule has 0 saturated heterocycles. The Balaban J connectivity index is 0.00000374. The third kappa shape index (κ3) is 14.3. The molecule has 29 heteroatoms. The Labute approximate surface area is 466 Å². The van der Waals surface area contributed by atoms with Crippen molar-refractivity contribution in [2.75, 3.05) is 19.5 Å². The van der Waals surface area contributed by atoms with Crippen molar-refractivity contribution in [3.63, 3.8) is 0 Å². The minimum atomic E-state index is -5.06. The largest absolute Gasteiger partial charge is 1.00 e. The van der Waals surface area contributed by atoms with Crippen LogP contribution in [0.4, 0.5) is 34.1 Å². The molecule has 2 N–H and O–H groups in total. The van der Waals surface area contributed by atoms with Crippen molar-refractivity contribution in [3.05, 3.63) is 96.1 Å². The van der Waals surface area contributed by atoms with Crippen molar-refractivity contribution in [1.29, 1.82) is 0 Å². The molecule has 0 amide bonds. The number of rotatable bonds is 12. The third-order valence-electron chi connectivity index (χ3n) is 8.93. The second-order valence-electron chi connectivity index (χ2n) is 13.1. The van der Waals surface area contributed by atoms with E-state index in [1.165, 1.54) is 50.6 Å². The minimum Gasteiger partial charge on any atom is -0.846 e. The molecular weight excluding hydrogens is 989 g/mol. The van der Waals surface area contributed by atoms with Crippen molar-refractivity contribution >= 4 is 102 Å². The van der Waals surface area contributed by atoms with Crippen molar-refractivity contribution in [2.45, 2.75) is 33.4 Å². The quantitative estimate of drug-likeness (QED) is 0.0379. The van der Waals surface area contributed by atoms with Crippen molar-refractivity contribution in [1.82, 2.24) is 0 Å². The van der Waals surface area contributed by atoms with E-state index in [0.717, 1.165) is 48.5 Å². The average molecular weight is 1020 g/mol. The van der Waals surface area contributed by atoms with Gasteiger partial charge in [0.1, 0.15) is 47.5 Å². The zero-order valence-corrected chi connectivity index (χ0v) is 47.4. The summed E-state index contributed by atoms with van der Waals surface area (Å²) in [5.41, 5.74) is 1.07. The first-order chi connectivity index (χ1) is 28.8. The zero-order chi connectivity index (χ0) is 45.5. The number of nitrogens with zero attached hydrogens (tertiary/aromatic N) is 5. The number of hydrogen-bond acceptors (Lipinski definition) is 19. The van der Waals surface area contributed by atoms with Gasteiger partial charge >= 0.3 is 118 Å². The van der Waals surface area contributed by atoms with Crippen LogP contribution < -0.4 is 138 Å². The van der Waals surface area contributed by atoms with Crippen molar-refractivity contribution in [2.24, 2.45) is 25.4 Å². The van der Waals surface area contributed by atoms with Crippen LogP contribution >= 0.6 is 0 Å². The molecule has 21 nitrogen and oxygen atoms in total. The van der Waals surface area contributed by atoms with Gasteiger partial charge in [0.2, 0.25) is 0 Å². The van der Waals surface area contributed by atoms with E-state index < -0.39 is 66.1 Å². The van der Waals surface area contributed by atoms with Crippen LogP contribution in [0.2, 0.25) is 0 Å². The molecule has 66 heavy (non-hydrogen) atoms. The summed E-state index contributed by atoms with van der Waals surface area (Å²) < 4.78 is 150. The van der Waals surface area contributed by atoms with Crippen molar-refractivity contribution < 1.29 is 185 Å². The molecule has 0 bridgehead atoms. The van der Waals surface area contributed by atoms with Crippen LogP contribution in [-0.4, -0.2) is 72.1 Å². The van der Waals surface area contributed by atoms with E-state index in [4.69, 9.17) is 9.47 Å². The Bertz CT molecular complexity index is 3410. The Morgan fingerprint density at radius 1 is 0.515 bits per heavy atom. The van der Waals surface area contributed by atoms with E-state index >= 15 is 0 Å².